The van der Waals surface area contributed by atoms with Gasteiger partial charge in [-0.15, -0.1) is 24.0 Å². The Labute approximate surface area is 200 Å². The Morgan fingerprint density at radius 3 is 2.40 bits per heavy atom. The molecule has 2 bridgehead atoms. The van der Waals surface area contributed by atoms with Crippen LogP contribution in [0.4, 0.5) is 0 Å². The quantitative estimate of drug-likeness (QED) is 0.166. The Hall–Kier alpha value is -0.810. The number of fused-ring (bicyclic) bond motifs is 5. The Morgan fingerprint density at radius 2 is 1.83 bits per heavy atom. The van der Waals surface area contributed by atoms with Gasteiger partial charge in [0.15, 0.2) is 5.96 Å². The van der Waals surface area contributed by atoms with E-state index < -0.39 is 0 Å². The zero-order valence-corrected chi connectivity index (χ0v) is 20.9. The Balaban J connectivity index is 0.00000256. The molecule has 4 atom stereocenters. The number of guanidine groups is 1. The molecule has 2 aliphatic carbocycles. The van der Waals surface area contributed by atoms with Crippen molar-refractivity contribution in [2.24, 2.45) is 28.7 Å². The number of nitrogens with zero attached hydrogens (tertiary/aromatic N) is 2. The van der Waals surface area contributed by atoms with Gasteiger partial charge < -0.3 is 15.4 Å². The molecule has 4 rings (SSSR count). The Morgan fingerprint density at radius 1 is 1.20 bits per heavy atom. The van der Waals surface area contributed by atoms with Gasteiger partial charge in [-0.1, -0.05) is 12.2 Å². The summed E-state index contributed by atoms with van der Waals surface area (Å²) < 4.78 is 5.64. The summed E-state index contributed by atoms with van der Waals surface area (Å²) in [5, 5.41) is 6.59. The topological polar surface area (TPSA) is 83.0 Å². The second-order valence-electron chi connectivity index (χ2n) is 8.45. The summed E-state index contributed by atoms with van der Waals surface area (Å²) in [7, 11) is 0. The first-order valence-electron chi connectivity index (χ1n) is 10.8. The van der Waals surface area contributed by atoms with Crippen LogP contribution in [0.1, 0.15) is 26.2 Å². The largest absolute Gasteiger partial charge is 0.381 e. The Bertz CT molecular complexity index is 680. The van der Waals surface area contributed by atoms with Gasteiger partial charge in [-0.2, -0.15) is 11.8 Å². The number of halogens is 1. The highest BCUT2D eigenvalue weighted by Gasteiger charge is 2.58. The number of imide groups is 1. The minimum absolute atomic E-state index is 0. The third kappa shape index (κ3) is 4.53. The van der Waals surface area contributed by atoms with Crippen LogP contribution in [-0.2, 0) is 14.3 Å². The molecule has 168 valence electrons. The molecule has 7 nitrogen and oxygen atoms in total. The number of thioether (sulfide) groups is 1. The average Bonchev–Trinajstić information content (AvgIpc) is 3.42. The van der Waals surface area contributed by atoms with Crippen molar-refractivity contribution in [1.29, 1.82) is 0 Å². The van der Waals surface area contributed by atoms with Crippen molar-refractivity contribution in [3.05, 3.63) is 12.2 Å². The second-order valence-corrected chi connectivity index (χ2v) is 9.72. The van der Waals surface area contributed by atoms with E-state index in [4.69, 9.17) is 9.73 Å². The number of allylic oxidation sites excluding steroid dienone is 2. The number of hydrogen-bond acceptors (Lipinski definition) is 5. The molecule has 2 saturated heterocycles. The van der Waals surface area contributed by atoms with Crippen LogP contribution in [0.5, 0.6) is 0 Å². The van der Waals surface area contributed by atoms with E-state index in [1.54, 1.807) is 0 Å². The smallest absolute Gasteiger partial charge is 0.233 e. The maximum Gasteiger partial charge on any atom is 0.233 e. The van der Waals surface area contributed by atoms with Gasteiger partial charge in [0.1, 0.15) is 0 Å². The van der Waals surface area contributed by atoms with Crippen LogP contribution in [0.25, 0.3) is 0 Å². The third-order valence-electron chi connectivity index (χ3n) is 6.90. The van der Waals surface area contributed by atoms with E-state index in [0.29, 0.717) is 13.1 Å². The van der Waals surface area contributed by atoms with Crippen molar-refractivity contribution in [3.63, 3.8) is 0 Å². The summed E-state index contributed by atoms with van der Waals surface area (Å²) in [5.74, 6) is 1.08. The van der Waals surface area contributed by atoms with E-state index in [2.05, 4.69) is 29.0 Å². The molecule has 2 aliphatic heterocycles. The van der Waals surface area contributed by atoms with E-state index in [1.165, 1.54) is 4.90 Å². The minimum Gasteiger partial charge on any atom is -0.381 e. The van der Waals surface area contributed by atoms with Crippen LogP contribution in [-0.4, -0.2) is 73.1 Å². The molecule has 4 aliphatic rings. The number of carbonyl (C=O) groups excluding carboxylic acids is 2. The highest BCUT2D eigenvalue weighted by atomic mass is 127. The molecule has 30 heavy (non-hydrogen) atoms. The van der Waals surface area contributed by atoms with Crippen molar-refractivity contribution in [3.8, 4) is 0 Å². The molecule has 0 spiro atoms. The normalized spacial score (nSPS) is 31.7. The molecule has 2 N–H and O–H groups in total. The molecule has 2 heterocycles. The third-order valence-corrected chi connectivity index (χ3v) is 8.30. The lowest BCUT2D eigenvalue weighted by atomic mass is 9.85. The summed E-state index contributed by atoms with van der Waals surface area (Å²) in [4.78, 5) is 31.8. The van der Waals surface area contributed by atoms with Crippen molar-refractivity contribution in [2.75, 3.05) is 45.6 Å². The molecule has 0 aromatic heterocycles. The molecule has 2 amide bonds. The van der Waals surface area contributed by atoms with Crippen LogP contribution < -0.4 is 10.6 Å². The maximum atomic E-state index is 12.8. The fourth-order valence-electron chi connectivity index (χ4n) is 5.21. The van der Waals surface area contributed by atoms with Gasteiger partial charge in [-0.25, -0.2) is 0 Å². The fraction of sp³-hybridized carbons (Fsp3) is 0.762. The summed E-state index contributed by atoms with van der Waals surface area (Å²) in [6.07, 6.45) is 9.39. The van der Waals surface area contributed by atoms with Gasteiger partial charge in [0.05, 0.1) is 18.4 Å². The van der Waals surface area contributed by atoms with Crippen molar-refractivity contribution >= 4 is 53.5 Å². The molecule has 3 fully saturated rings. The molecule has 0 radical (unpaired) electrons. The minimum atomic E-state index is -0.116. The summed E-state index contributed by atoms with van der Waals surface area (Å²) in [5.41, 5.74) is 0. The van der Waals surface area contributed by atoms with Crippen LogP contribution >= 0.6 is 35.7 Å². The van der Waals surface area contributed by atoms with Crippen LogP contribution in [0.15, 0.2) is 17.1 Å². The van der Waals surface area contributed by atoms with E-state index in [-0.39, 0.29) is 64.2 Å². The number of ether oxygens (including phenoxy) is 1. The number of likely N-dealkylation sites (tertiary alicyclic amines) is 1. The number of amides is 2. The summed E-state index contributed by atoms with van der Waals surface area (Å²) in [6, 6.07) is 0. The fourth-order valence-corrected chi connectivity index (χ4v) is 5.97. The number of nitrogens with one attached hydrogen (secondary N) is 2. The lowest BCUT2D eigenvalue weighted by Crippen LogP contribution is -2.44. The predicted molar refractivity (Wildman–Crippen MR) is 130 cm³/mol. The van der Waals surface area contributed by atoms with Gasteiger partial charge in [-0.05, 0) is 44.3 Å². The molecule has 1 saturated carbocycles. The maximum absolute atomic E-state index is 12.8. The summed E-state index contributed by atoms with van der Waals surface area (Å²) in [6.45, 7) is 6.03. The SMILES string of the molecule is CCNC(=NCC1(SC)CCOCC1)NCCN1C(=O)C2C3C=CC(C3)C2C1=O.I. The van der Waals surface area contributed by atoms with Crippen molar-refractivity contribution < 1.29 is 14.3 Å². The first-order chi connectivity index (χ1) is 14.1. The summed E-state index contributed by atoms with van der Waals surface area (Å²) >= 11 is 1.87. The lowest BCUT2D eigenvalue weighted by Gasteiger charge is -2.34. The van der Waals surface area contributed by atoms with Gasteiger partial charge in [-0.3, -0.25) is 19.5 Å². The van der Waals surface area contributed by atoms with Crippen LogP contribution in [0.3, 0.4) is 0 Å². The standard InChI is InChI=1S/C21H32N4O3S.HI/c1-3-22-20(24-13-21(29-2)6-10-28-11-7-21)23-8-9-25-18(26)16-14-4-5-15(12-14)17(16)19(25)27;/h4-5,14-17H,3,6-13H2,1-2H3,(H2,22,23,24);1H. The number of aliphatic imine (C=N–C) groups is 1. The number of rotatable bonds is 7. The molecular formula is C21H33IN4O3S. The average molecular weight is 548 g/mol. The van der Waals surface area contributed by atoms with Crippen LogP contribution in [0.2, 0.25) is 0 Å². The highest BCUT2D eigenvalue weighted by molar-refractivity contribution is 14.0. The van der Waals surface area contributed by atoms with Gasteiger partial charge >= 0.3 is 0 Å². The van der Waals surface area contributed by atoms with E-state index in [1.807, 2.05) is 18.7 Å². The molecule has 0 aromatic carbocycles. The first-order valence-corrected chi connectivity index (χ1v) is 12.0. The molecule has 0 aromatic rings. The number of hydrogen-bond donors (Lipinski definition) is 2. The monoisotopic (exact) mass is 548 g/mol. The van der Waals surface area contributed by atoms with Gasteiger partial charge in [0, 0.05) is 37.6 Å². The van der Waals surface area contributed by atoms with E-state index >= 15 is 0 Å². The molecule has 4 unspecified atom stereocenters. The van der Waals surface area contributed by atoms with E-state index in [9.17, 15) is 9.59 Å². The van der Waals surface area contributed by atoms with E-state index in [0.717, 1.165) is 51.5 Å². The zero-order valence-electron chi connectivity index (χ0n) is 17.8. The highest BCUT2D eigenvalue weighted by Crippen LogP contribution is 2.52. The van der Waals surface area contributed by atoms with Gasteiger partial charge in [0.25, 0.3) is 0 Å². The molecule has 9 heteroatoms. The van der Waals surface area contributed by atoms with Crippen LogP contribution in [0, 0.1) is 23.7 Å². The second kappa shape index (κ2) is 10.2. The number of carbonyl (C=O) groups is 2. The molecular weight excluding hydrogens is 515 g/mol. The zero-order chi connectivity index (χ0) is 20.4. The van der Waals surface area contributed by atoms with Crippen molar-refractivity contribution in [2.45, 2.75) is 30.9 Å². The first kappa shape index (κ1) is 23.8. The lowest BCUT2D eigenvalue weighted by molar-refractivity contribution is -0.140. The van der Waals surface area contributed by atoms with Crippen molar-refractivity contribution in [1.82, 2.24) is 15.5 Å². The predicted octanol–water partition coefficient (Wildman–Crippen LogP) is 1.88. The Kier molecular flexibility index (Phi) is 8.11. The van der Waals surface area contributed by atoms with Gasteiger partial charge in [0.2, 0.25) is 11.8 Å².